The quantitative estimate of drug-likeness (QED) is 0.130. The van der Waals surface area contributed by atoms with E-state index in [2.05, 4.69) is 71.4 Å². The van der Waals surface area contributed by atoms with Crippen LogP contribution in [0.4, 0.5) is 48.3 Å². The predicted molar refractivity (Wildman–Crippen MR) is 480 cm³/mol. The molecule has 0 radical (unpaired) electrons. The first-order chi connectivity index (χ1) is 53.3. The maximum absolute atomic E-state index is 13.7. The minimum Gasteiger partial charge on any atom is -0.496 e. The Morgan fingerprint density at radius 2 is 0.619 bits per heavy atom. The largest absolute Gasteiger partial charge is 0.496 e. The Kier molecular flexibility index (Phi) is 42.3. The van der Waals surface area contributed by atoms with Crippen molar-refractivity contribution in [2.75, 3.05) is 14.2 Å². The number of rotatable bonds is 4. The molecule has 0 spiro atoms. The Hall–Kier alpha value is -6.07. The molecule has 0 bridgehead atoms. The lowest BCUT2D eigenvalue weighted by Crippen LogP contribution is -2.19. The van der Waals surface area contributed by atoms with Gasteiger partial charge >= 0.3 is 12.8 Å². The minimum absolute atomic E-state index is 0.0358. The van der Waals surface area contributed by atoms with Crippen LogP contribution in [0.2, 0.25) is 40.2 Å². The number of methoxy groups -OCH3 is 2. The Labute approximate surface area is 737 Å². The molecule has 9 rings (SSSR count). The van der Waals surface area contributed by atoms with Gasteiger partial charge in [0, 0.05) is 36.8 Å². The molecule has 0 atom stereocenters. The number of ether oxygens (including phenoxy) is 3. The van der Waals surface area contributed by atoms with Gasteiger partial charge in [0.1, 0.15) is 40.6 Å². The van der Waals surface area contributed by atoms with E-state index in [4.69, 9.17) is 102 Å². The molecule has 3 nitrogen and oxygen atoms in total. The van der Waals surface area contributed by atoms with Gasteiger partial charge in [-0.25, -0.2) is 26.3 Å². The van der Waals surface area contributed by atoms with Crippen LogP contribution in [-0.4, -0.2) is 20.8 Å². The van der Waals surface area contributed by atoms with Gasteiger partial charge in [-0.05, 0) is 210 Å². The van der Waals surface area contributed by atoms with E-state index in [0.29, 0.717) is 49.4 Å². The van der Waals surface area contributed by atoms with Crippen molar-refractivity contribution in [3.63, 3.8) is 0 Å². The van der Waals surface area contributed by atoms with Crippen molar-refractivity contribution >= 4 is 92.8 Å². The van der Waals surface area contributed by atoms with Crippen LogP contribution >= 0.6 is 92.8 Å². The SMILES string of the molecule is CC(C)(C)c1c(F)ccc(Cl)c1F.CC(C)(C)c1cc(Cl)ccc1C(F)(F)F.CC(C)(C)c1cc(Cl)ccc1OC(F)F.CC(C)(C)c1cccc(Cl)c1.CC(C)(C)c1cccc(Cl)c1F.COc1ccc(Cl)c(F)c1C(C)(C)C.COc1cccc(C(C)(C)C)c1F.Cc1ccc(Cl)c(F)c1C(C)(C)C.Cc1ccc(Cl)cc1C(C)(C)C. The highest BCUT2D eigenvalue weighted by Crippen LogP contribution is 2.42. The molecular formula is C96H119Cl8F11O3. The second-order valence-corrected chi connectivity index (χ2v) is 40.4. The second kappa shape index (κ2) is 45.4. The van der Waals surface area contributed by atoms with Crippen molar-refractivity contribution in [2.45, 2.75) is 262 Å². The van der Waals surface area contributed by atoms with E-state index in [0.717, 1.165) is 21.7 Å². The monoisotopic (exact) mass is 1810 g/mol. The van der Waals surface area contributed by atoms with Gasteiger partial charge in [-0.2, -0.15) is 22.0 Å². The van der Waals surface area contributed by atoms with Gasteiger partial charge in [0.05, 0.1) is 39.9 Å². The van der Waals surface area contributed by atoms with E-state index in [9.17, 15) is 48.3 Å². The summed E-state index contributed by atoms with van der Waals surface area (Å²) in [6.07, 6.45) is -4.33. The molecule has 0 fully saturated rings. The van der Waals surface area contributed by atoms with Crippen molar-refractivity contribution in [1.29, 1.82) is 0 Å². The molecule has 0 aliphatic carbocycles. The zero-order valence-electron chi connectivity index (χ0n) is 73.9. The van der Waals surface area contributed by atoms with Crippen LogP contribution in [-0.2, 0) is 54.9 Å². The van der Waals surface area contributed by atoms with E-state index in [-0.39, 0.29) is 92.3 Å². The molecule has 0 saturated carbocycles. The average Bonchev–Trinajstić information content (AvgIpc) is 0.833. The van der Waals surface area contributed by atoms with E-state index >= 15 is 0 Å². The van der Waals surface area contributed by atoms with Gasteiger partial charge in [-0.1, -0.05) is 328 Å². The van der Waals surface area contributed by atoms with E-state index in [1.807, 2.05) is 147 Å². The fraction of sp³-hybridized carbons (Fsp3) is 0.438. The number of aryl methyl sites for hydroxylation is 2. The predicted octanol–water partition coefficient (Wildman–Crippen LogP) is 35.2. The highest BCUT2D eigenvalue weighted by atomic mass is 35.5. The first-order valence-corrected chi connectivity index (χ1v) is 40.8. The van der Waals surface area contributed by atoms with Crippen LogP contribution in [0.3, 0.4) is 0 Å². The lowest BCUT2D eigenvalue weighted by atomic mass is 9.83. The summed E-state index contributed by atoms with van der Waals surface area (Å²) in [7, 11) is 3.00. The molecule has 0 unspecified atom stereocenters. The van der Waals surface area contributed by atoms with Crippen LogP contribution in [0.5, 0.6) is 17.2 Å². The summed E-state index contributed by atoms with van der Waals surface area (Å²) in [4.78, 5) is 0. The van der Waals surface area contributed by atoms with Crippen LogP contribution in [0.25, 0.3) is 0 Å². The number of hydrogen-bond donors (Lipinski definition) is 0. The molecule has 9 aromatic rings. The Morgan fingerprint density at radius 1 is 0.271 bits per heavy atom. The number of benzene rings is 9. The molecule has 9 aromatic carbocycles. The Morgan fingerprint density at radius 3 is 0.992 bits per heavy atom. The summed E-state index contributed by atoms with van der Waals surface area (Å²) < 4.78 is 158. The topological polar surface area (TPSA) is 27.7 Å². The van der Waals surface area contributed by atoms with Crippen molar-refractivity contribution in [2.24, 2.45) is 0 Å². The van der Waals surface area contributed by atoms with Crippen LogP contribution < -0.4 is 14.2 Å². The summed E-state index contributed by atoms with van der Waals surface area (Å²) >= 11 is 45.9. The maximum Gasteiger partial charge on any atom is 0.416 e. The summed E-state index contributed by atoms with van der Waals surface area (Å²) in [5.74, 6) is -1.39. The third-order valence-corrected chi connectivity index (χ3v) is 19.5. The average molecular weight is 1810 g/mol. The summed E-state index contributed by atoms with van der Waals surface area (Å²) in [6.45, 7) is 54.0. The smallest absolute Gasteiger partial charge is 0.416 e. The van der Waals surface area contributed by atoms with E-state index in [1.54, 1.807) is 90.1 Å². The van der Waals surface area contributed by atoms with Gasteiger partial charge in [0.2, 0.25) is 0 Å². The zero-order chi connectivity index (χ0) is 92.1. The van der Waals surface area contributed by atoms with Gasteiger partial charge in [0.15, 0.2) is 11.6 Å². The number of hydrogen-bond acceptors (Lipinski definition) is 3. The summed E-state index contributed by atoms with van der Waals surface area (Å²) in [5.41, 5.74) is 5.87. The molecular weight excluding hydrogens is 1690 g/mol. The third kappa shape index (κ3) is 36.2. The van der Waals surface area contributed by atoms with Crippen molar-refractivity contribution in [1.82, 2.24) is 0 Å². The summed E-state index contributed by atoms with van der Waals surface area (Å²) in [6, 6.07) is 41.8. The highest BCUT2D eigenvalue weighted by Gasteiger charge is 2.37. The fourth-order valence-electron chi connectivity index (χ4n) is 11.5. The Balaban J connectivity index is 0.000000665. The first-order valence-electron chi connectivity index (χ1n) is 37.8. The minimum atomic E-state index is -4.33. The molecule has 654 valence electrons. The standard InChI is InChI=1S/C11H12ClF3.C11H13ClF2O.C11H14ClFO.C11H14ClF.C11H15Cl.C11H15FO.C10H11ClF2.C10H12ClF.C10H13Cl/c1-10(2,3)9-6-7(12)4-5-8(9)11(13,14)15;1-11(2,3)8-6-7(12)4-5-9(8)15-10(13)14;1-11(2,3)9-8(14-4)6-5-7(12)10(9)13;1-7-5-6-8(12)10(13)9(7)11(2,3)4;1-8-5-6-9(12)7-10(8)11(2,3)4;1-11(2,3)8-6-5-7-9(13-4)10(8)12;1-10(2,3)8-7(12)5-4-6(11)9(8)13;1-10(2,3)7-5-4-6-8(11)9(7)12;1-10(2,3)8-5-4-6-9(11)7-8/h4-6H,1-3H3;4-6,10H,1-3H3;5-6H,1-4H3;5-6H,1-4H3;5-7H,1-4H3;5-7H,1-4H3;4-5H,1-3H3;4-6H,1-3H3;4-7H,1-3H3. The number of alkyl halides is 5. The maximum atomic E-state index is 13.7. The molecule has 0 N–H and O–H groups in total. The van der Waals surface area contributed by atoms with Crippen LogP contribution in [0.15, 0.2) is 152 Å². The lowest BCUT2D eigenvalue weighted by Gasteiger charge is -2.24. The third-order valence-electron chi connectivity index (χ3n) is 17.4. The van der Waals surface area contributed by atoms with E-state index < -0.39 is 46.6 Å². The van der Waals surface area contributed by atoms with Crippen molar-refractivity contribution in [3.05, 3.63) is 294 Å². The zero-order valence-corrected chi connectivity index (χ0v) is 80.0. The molecule has 0 saturated heterocycles. The molecule has 0 aliphatic rings. The molecule has 0 aromatic heterocycles. The van der Waals surface area contributed by atoms with Gasteiger partial charge in [-0.15, -0.1) is 0 Å². The normalized spacial score (nSPS) is 11.9. The van der Waals surface area contributed by atoms with Gasteiger partial charge in [0.25, 0.3) is 0 Å². The summed E-state index contributed by atoms with van der Waals surface area (Å²) in [5, 5.41) is 2.98. The van der Waals surface area contributed by atoms with E-state index in [1.165, 1.54) is 73.4 Å². The van der Waals surface area contributed by atoms with Gasteiger partial charge < -0.3 is 14.2 Å². The molecule has 118 heavy (non-hydrogen) atoms. The number of halogens is 19. The highest BCUT2D eigenvalue weighted by molar-refractivity contribution is 6.33. The molecule has 0 aliphatic heterocycles. The second-order valence-electron chi connectivity index (χ2n) is 37.1. The van der Waals surface area contributed by atoms with Crippen molar-refractivity contribution in [3.8, 4) is 17.2 Å². The molecule has 0 heterocycles. The lowest BCUT2D eigenvalue weighted by molar-refractivity contribution is -0.138. The van der Waals surface area contributed by atoms with Gasteiger partial charge in [-0.3, -0.25) is 0 Å². The Bertz CT molecular complexity index is 4610. The molecule has 0 amide bonds. The van der Waals surface area contributed by atoms with Crippen molar-refractivity contribution < 1.29 is 62.5 Å². The molecule has 22 heteroatoms. The fourth-order valence-corrected chi connectivity index (χ4v) is 12.9. The van der Waals surface area contributed by atoms with Crippen LogP contribution in [0.1, 0.15) is 254 Å². The van der Waals surface area contributed by atoms with Crippen LogP contribution in [0, 0.1) is 48.8 Å². The first kappa shape index (κ1) is 110.